The number of likely N-dealkylation sites (tertiary alicyclic amines) is 1. The maximum absolute atomic E-state index is 12.0. The second kappa shape index (κ2) is 6.89. The molecule has 0 radical (unpaired) electrons. The highest BCUT2D eigenvalue weighted by Gasteiger charge is 2.26. The van der Waals surface area contributed by atoms with Crippen LogP contribution in [0.3, 0.4) is 0 Å². The molecule has 1 aromatic carbocycles. The van der Waals surface area contributed by atoms with E-state index in [-0.39, 0.29) is 17.8 Å². The number of rotatable bonds is 3. The second-order valence-corrected chi connectivity index (χ2v) is 4.87. The minimum atomic E-state index is -0.170. The van der Waals surface area contributed by atoms with E-state index in [1.54, 1.807) is 11.0 Å². The molecule has 1 amide bonds. The monoisotopic (exact) mass is 273 g/mol. The largest absolute Gasteiger partial charge is 0.469 e. The van der Waals surface area contributed by atoms with Crippen molar-refractivity contribution >= 4 is 18.0 Å². The van der Waals surface area contributed by atoms with Gasteiger partial charge in [-0.1, -0.05) is 30.3 Å². The van der Waals surface area contributed by atoms with Gasteiger partial charge in [0.05, 0.1) is 13.0 Å². The van der Waals surface area contributed by atoms with E-state index in [0.717, 1.165) is 5.56 Å². The van der Waals surface area contributed by atoms with Crippen LogP contribution < -0.4 is 0 Å². The highest BCUT2D eigenvalue weighted by Crippen LogP contribution is 2.18. The summed E-state index contributed by atoms with van der Waals surface area (Å²) in [6.07, 6.45) is 4.76. The number of hydrogen-bond donors (Lipinski definition) is 0. The van der Waals surface area contributed by atoms with Gasteiger partial charge in [-0.05, 0) is 24.5 Å². The number of esters is 1. The topological polar surface area (TPSA) is 46.6 Å². The molecule has 0 atom stereocenters. The summed E-state index contributed by atoms with van der Waals surface area (Å²) in [6, 6.07) is 9.72. The molecule has 0 N–H and O–H groups in total. The summed E-state index contributed by atoms with van der Waals surface area (Å²) in [4.78, 5) is 25.2. The molecule has 1 aliphatic heterocycles. The van der Waals surface area contributed by atoms with Crippen LogP contribution in [0.5, 0.6) is 0 Å². The molecule has 0 saturated carbocycles. The predicted octanol–water partition coefficient (Wildman–Crippen LogP) is 2.11. The maximum Gasteiger partial charge on any atom is 0.308 e. The minimum absolute atomic E-state index is 0.00262. The van der Waals surface area contributed by atoms with Crippen molar-refractivity contribution < 1.29 is 14.3 Å². The van der Waals surface area contributed by atoms with E-state index in [1.807, 2.05) is 36.4 Å². The zero-order chi connectivity index (χ0) is 14.4. The molecule has 0 spiro atoms. The zero-order valence-corrected chi connectivity index (χ0v) is 11.6. The van der Waals surface area contributed by atoms with Crippen molar-refractivity contribution in [1.82, 2.24) is 4.90 Å². The van der Waals surface area contributed by atoms with E-state index in [1.165, 1.54) is 7.11 Å². The molecular weight excluding hydrogens is 254 g/mol. The first-order chi connectivity index (χ1) is 9.70. The molecule has 2 rings (SSSR count). The Balaban J connectivity index is 1.86. The SMILES string of the molecule is COC(=O)C1CCN(C(=O)/C=C\c2ccccc2)CC1. The van der Waals surface area contributed by atoms with Crippen molar-refractivity contribution in [3.63, 3.8) is 0 Å². The molecule has 106 valence electrons. The van der Waals surface area contributed by atoms with Crippen molar-refractivity contribution in [2.24, 2.45) is 5.92 Å². The smallest absolute Gasteiger partial charge is 0.308 e. The van der Waals surface area contributed by atoms with Crippen molar-refractivity contribution in [2.45, 2.75) is 12.8 Å². The average Bonchev–Trinajstić information content (AvgIpc) is 2.53. The van der Waals surface area contributed by atoms with Crippen molar-refractivity contribution in [2.75, 3.05) is 20.2 Å². The number of piperidine rings is 1. The fourth-order valence-electron chi connectivity index (χ4n) is 2.34. The first-order valence-electron chi connectivity index (χ1n) is 6.80. The summed E-state index contributed by atoms with van der Waals surface area (Å²) in [5.74, 6) is -0.240. The molecule has 0 bridgehead atoms. The molecular formula is C16H19NO3. The standard InChI is InChI=1S/C16H19NO3/c1-20-16(19)14-9-11-17(12-10-14)15(18)8-7-13-5-3-2-4-6-13/h2-8,14H,9-12H2,1H3/b8-7-. The lowest BCUT2D eigenvalue weighted by molar-refractivity contribution is -0.148. The number of nitrogens with zero attached hydrogens (tertiary/aromatic N) is 1. The van der Waals surface area contributed by atoms with Gasteiger partial charge >= 0.3 is 5.97 Å². The third kappa shape index (κ3) is 3.70. The molecule has 0 unspecified atom stereocenters. The lowest BCUT2D eigenvalue weighted by Crippen LogP contribution is -2.39. The highest BCUT2D eigenvalue weighted by atomic mass is 16.5. The Morgan fingerprint density at radius 1 is 1.20 bits per heavy atom. The first-order valence-corrected chi connectivity index (χ1v) is 6.80. The Hall–Kier alpha value is -2.10. The number of ether oxygens (including phenoxy) is 1. The molecule has 1 heterocycles. The van der Waals surface area contributed by atoms with Gasteiger partial charge in [-0.25, -0.2) is 0 Å². The average molecular weight is 273 g/mol. The van der Waals surface area contributed by atoms with Crippen LogP contribution in [0.1, 0.15) is 18.4 Å². The Labute approximate surface area is 119 Å². The van der Waals surface area contributed by atoms with Gasteiger partial charge in [-0.2, -0.15) is 0 Å². The maximum atomic E-state index is 12.0. The van der Waals surface area contributed by atoms with E-state index >= 15 is 0 Å². The van der Waals surface area contributed by atoms with Gasteiger partial charge < -0.3 is 9.64 Å². The van der Waals surface area contributed by atoms with E-state index < -0.39 is 0 Å². The molecule has 1 aliphatic rings. The summed E-state index contributed by atoms with van der Waals surface area (Å²) < 4.78 is 4.73. The van der Waals surface area contributed by atoms with Crippen LogP contribution in [-0.2, 0) is 14.3 Å². The number of benzene rings is 1. The van der Waals surface area contributed by atoms with Gasteiger partial charge in [-0.15, -0.1) is 0 Å². The normalized spacial score (nSPS) is 16.4. The second-order valence-electron chi connectivity index (χ2n) is 4.87. The predicted molar refractivity (Wildman–Crippen MR) is 76.8 cm³/mol. The zero-order valence-electron chi connectivity index (χ0n) is 11.6. The van der Waals surface area contributed by atoms with Gasteiger partial charge in [0, 0.05) is 19.2 Å². The number of carbonyl (C=O) groups is 2. The number of amides is 1. The van der Waals surface area contributed by atoms with Crippen LogP contribution in [0.15, 0.2) is 36.4 Å². The lowest BCUT2D eigenvalue weighted by atomic mass is 9.97. The number of methoxy groups -OCH3 is 1. The fourth-order valence-corrected chi connectivity index (χ4v) is 2.34. The van der Waals surface area contributed by atoms with Crippen LogP contribution in [0.25, 0.3) is 6.08 Å². The van der Waals surface area contributed by atoms with Crippen LogP contribution in [0, 0.1) is 5.92 Å². The van der Waals surface area contributed by atoms with E-state index in [4.69, 9.17) is 4.74 Å². The Bertz CT molecular complexity index is 488. The molecule has 0 aliphatic carbocycles. The third-order valence-electron chi connectivity index (χ3n) is 3.56. The van der Waals surface area contributed by atoms with E-state index in [0.29, 0.717) is 25.9 Å². The summed E-state index contributed by atoms with van der Waals surface area (Å²) in [5, 5.41) is 0. The summed E-state index contributed by atoms with van der Waals surface area (Å²) in [7, 11) is 1.41. The van der Waals surface area contributed by atoms with E-state index in [9.17, 15) is 9.59 Å². The van der Waals surface area contributed by atoms with Gasteiger partial charge in [0.2, 0.25) is 5.91 Å². The summed E-state index contributed by atoms with van der Waals surface area (Å²) >= 11 is 0. The molecule has 20 heavy (non-hydrogen) atoms. The molecule has 1 saturated heterocycles. The molecule has 4 nitrogen and oxygen atoms in total. The molecule has 1 aromatic rings. The highest BCUT2D eigenvalue weighted by molar-refractivity contribution is 5.92. The molecule has 1 fully saturated rings. The quantitative estimate of drug-likeness (QED) is 0.626. The number of carbonyl (C=O) groups excluding carboxylic acids is 2. The van der Waals surface area contributed by atoms with E-state index in [2.05, 4.69) is 0 Å². The lowest BCUT2D eigenvalue weighted by Gasteiger charge is -2.29. The van der Waals surface area contributed by atoms with Crippen molar-refractivity contribution in [3.05, 3.63) is 42.0 Å². The van der Waals surface area contributed by atoms with Crippen LogP contribution >= 0.6 is 0 Å². The van der Waals surface area contributed by atoms with Crippen molar-refractivity contribution in [3.8, 4) is 0 Å². The Kier molecular flexibility index (Phi) is 4.93. The van der Waals surface area contributed by atoms with Crippen LogP contribution in [0.2, 0.25) is 0 Å². The van der Waals surface area contributed by atoms with Gasteiger partial charge in [-0.3, -0.25) is 9.59 Å². The van der Waals surface area contributed by atoms with Crippen LogP contribution in [0.4, 0.5) is 0 Å². The van der Waals surface area contributed by atoms with Gasteiger partial charge in [0.25, 0.3) is 0 Å². The van der Waals surface area contributed by atoms with Crippen molar-refractivity contribution in [1.29, 1.82) is 0 Å². The molecule has 0 aromatic heterocycles. The van der Waals surface area contributed by atoms with Crippen LogP contribution in [-0.4, -0.2) is 37.0 Å². The fraction of sp³-hybridized carbons (Fsp3) is 0.375. The molecule has 4 heteroatoms. The number of hydrogen-bond acceptors (Lipinski definition) is 3. The third-order valence-corrected chi connectivity index (χ3v) is 3.56. The minimum Gasteiger partial charge on any atom is -0.469 e. The first kappa shape index (κ1) is 14.3. The summed E-state index contributed by atoms with van der Waals surface area (Å²) in [6.45, 7) is 1.22. The Morgan fingerprint density at radius 3 is 2.45 bits per heavy atom. The summed E-state index contributed by atoms with van der Waals surface area (Å²) in [5.41, 5.74) is 1.00. The Morgan fingerprint density at radius 2 is 1.85 bits per heavy atom. The van der Waals surface area contributed by atoms with Gasteiger partial charge in [0.1, 0.15) is 0 Å². The van der Waals surface area contributed by atoms with Gasteiger partial charge in [0.15, 0.2) is 0 Å².